The van der Waals surface area contributed by atoms with Crippen LogP contribution < -0.4 is 14.8 Å². The summed E-state index contributed by atoms with van der Waals surface area (Å²) in [5.41, 5.74) is 1.36. The van der Waals surface area contributed by atoms with E-state index in [2.05, 4.69) is 33.0 Å². The number of methoxy groups -OCH3 is 1. The lowest BCUT2D eigenvalue weighted by molar-refractivity contribution is 0.197. The van der Waals surface area contributed by atoms with E-state index in [9.17, 15) is 0 Å². The second kappa shape index (κ2) is 7.53. The van der Waals surface area contributed by atoms with Gasteiger partial charge < -0.3 is 14.8 Å². The van der Waals surface area contributed by atoms with E-state index >= 15 is 0 Å². The molecule has 0 radical (unpaired) electrons. The number of benzene rings is 1. The standard InChI is InChI=1S/C17H29NO2/c1-13-9-10-15(16(12-13)19-6)20-14(2)8-7-11-18-17(3,4)5/h9-10,12,14,18H,7-8,11H2,1-6H3. The van der Waals surface area contributed by atoms with Crippen LogP contribution >= 0.6 is 0 Å². The maximum absolute atomic E-state index is 5.97. The molecule has 114 valence electrons. The SMILES string of the molecule is COc1cc(C)ccc1OC(C)CCCNC(C)(C)C. The van der Waals surface area contributed by atoms with Crippen molar-refractivity contribution < 1.29 is 9.47 Å². The van der Waals surface area contributed by atoms with E-state index in [1.807, 2.05) is 25.1 Å². The quantitative estimate of drug-likeness (QED) is 0.767. The summed E-state index contributed by atoms with van der Waals surface area (Å²) in [6.45, 7) is 11.7. The van der Waals surface area contributed by atoms with Crippen LogP contribution in [-0.4, -0.2) is 25.3 Å². The summed E-state index contributed by atoms with van der Waals surface area (Å²) < 4.78 is 11.3. The Morgan fingerprint density at radius 3 is 2.50 bits per heavy atom. The van der Waals surface area contributed by atoms with E-state index < -0.39 is 0 Å². The Hall–Kier alpha value is -1.22. The number of ether oxygens (including phenoxy) is 2. The van der Waals surface area contributed by atoms with E-state index in [0.29, 0.717) is 0 Å². The Balaban J connectivity index is 2.40. The van der Waals surface area contributed by atoms with Gasteiger partial charge in [0.25, 0.3) is 0 Å². The first kappa shape index (κ1) is 16.8. The minimum absolute atomic E-state index is 0.185. The van der Waals surface area contributed by atoms with Gasteiger partial charge in [0.05, 0.1) is 13.2 Å². The van der Waals surface area contributed by atoms with Gasteiger partial charge in [-0.25, -0.2) is 0 Å². The lowest BCUT2D eigenvalue weighted by atomic mass is 10.1. The van der Waals surface area contributed by atoms with Crippen molar-refractivity contribution in [3.05, 3.63) is 23.8 Å². The van der Waals surface area contributed by atoms with Crippen molar-refractivity contribution in [1.29, 1.82) is 0 Å². The first-order valence-electron chi connectivity index (χ1n) is 7.38. The van der Waals surface area contributed by atoms with Gasteiger partial charge in [-0.05, 0) is 71.7 Å². The van der Waals surface area contributed by atoms with Crippen molar-refractivity contribution in [1.82, 2.24) is 5.32 Å². The molecule has 1 rings (SSSR count). The van der Waals surface area contributed by atoms with Crippen LogP contribution in [0.2, 0.25) is 0 Å². The molecule has 3 heteroatoms. The first-order valence-corrected chi connectivity index (χ1v) is 7.38. The molecule has 0 spiro atoms. The largest absolute Gasteiger partial charge is 0.493 e. The minimum Gasteiger partial charge on any atom is -0.493 e. The van der Waals surface area contributed by atoms with E-state index in [-0.39, 0.29) is 11.6 Å². The maximum atomic E-state index is 5.97. The van der Waals surface area contributed by atoms with Gasteiger partial charge in [0.2, 0.25) is 0 Å². The van der Waals surface area contributed by atoms with Crippen LogP contribution in [0.1, 0.15) is 46.1 Å². The highest BCUT2D eigenvalue weighted by Crippen LogP contribution is 2.29. The maximum Gasteiger partial charge on any atom is 0.161 e. The van der Waals surface area contributed by atoms with Gasteiger partial charge in [-0.2, -0.15) is 0 Å². The molecule has 0 saturated carbocycles. The number of hydrogen-bond donors (Lipinski definition) is 1. The molecular weight excluding hydrogens is 250 g/mol. The Bertz CT molecular complexity index is 410. The minimum atomic E-state index is 0.185. The smallest absolute Gasteiger partial charge is 0.161 e. The fourth-order valence-electron chi connectivity index (χ4n) is 2.00. The summed E-state index contributed by atoms with van der Waals surface area (Å²) in [6, 6.07) is 6.03. The van der Waals surface area contributed by atoms with Crippen molar-refractivity contribution >= 4 is 0 Å². The van der Waals surface area contributed by atoms with Crippen molar-refractivity contribution in [3.8, 4) is 11.5 Å². The number of rotatable bonds is 7. The third-order valence-electron chi connectivity index (χ3n) is 3.09. The molecule has 20 heavy (non-hydrogen) atoms. The normalized spacial score (nSPS) is 13.1. The molecule has 0 amide bonds. The molecular formula is C17H29NO2. The Kier molecular flexibility index (Phi) is 6.34. The molecule has 1 N–H and O–H groups in total. The zero-order chi connectivity index (χ0) is 15.2. The molecule has 0 fully saturated rings. The monoisotopic (exact) mass is 279 g/mol. The van der Waals surface area contributed by atoms with E-state index in [4.69, 9.17) is 9.47 Å². The average Bonchev–Trinajstić information content (AvgIpc) is 2.35. The molecule has 1 aromatic carbocycles. The highest BCUT2D eigenvalue weighted by atomic mass is 16.5. The summed E-state index contributed by atoms with van der Waals surface area (Å²) in [5, 5.41) is 3.49. The third-order valence-corrected chi connectivity index (χ3v) is 3.09. The summed E-state index contributed by atoms with van der Waals surface area (Å²) in [6.07, 6.45) is 2.32. The highest BCUT2D eigenvalue weighted by molar-refractivity contribution is 5.42. The van der Waals surface area contributed by atoms with Gasteiger partial charge >= 0.3 is 0 Å². The van der Waals surface area contributed by atoms with E-state index in [0.717, 1.165) is 30.9 Å². The van der Waals surface area contributed by atoms with Crippen LogP contribution in [0.4, 0.5) is 0 Å². The second-order valence-corrected chi connectivity index (χ2v) is 6.40. The van der Waals surface area contributed by atoms with E-state index in [1.54, 1.807) is 7.11 Å². The average molecular weight is 279 g/mol. The molecule has 0 saturated heterocycles. The zero-order valence-corrected chi connectivity index (χ0v) is 13.7. The van der Waals surface area contributed by atoms with Gasteiger partial charge in [-0.3, -0.25) is 0 Å². The van der Waals surface area contributed by atoms with Crippen molar-refractivity contribution in [3.63, 3.8) is 0 Å². The van der Waals surface area contributed by atoms with Crippen molar-refractivity contribution in [2.75, 3.05) is 13.7 Å². The molecule has 0 aliphatic heterocycles. The zero-order valence-electron chi connectivity index (χ0n) is 13.7. The van der Waals surface area contributed by atoms with Crippen LogP contribution in [0.25, 0.3) is 0 Å². The lowest BCUT2D eigenvalue weighted by Gasteiger charge is -2.21. The fraction of sp³-hybridized carbons (Fsp3) is 0.647. The lowest BCUT2D eigenvalue weighted by Crippen LogP contribution is -2.36. The van der Waals surface area contributed by atoms with Crippen LogP contribution in [0.3, 0.4) is 0 Å². The van der Waals surface area contributed by atoms with Crippen LogP contribution in [-0.2, 0) is 0 Å². The number of aryl methyl sites for hydroxylation is 1. The highest BCUT2D eigenvalue weighted by Gasteiger charge is 2.11. The predicted molar refractivity (Wildman–Crippen MR) is 84.8 cm³/mol. The fourth-order valence-corrected chi connectivity index (χ4v) is 2.00. The van der Waals surface area contributed by atoms with E-state index in [1.165, 1.54) is 5.56 Å². The molecule has 0 bridgehead atoms. The molecule has 1 aromatic rings. The van der Waals surface area contributed by atoms with Crippen LogP contribution in [0.5, 0.6) is 11.5 Å². The van der Waals surface area contributed by atoms with Gasteiger partial charge in [0, 0.05) is 5.54 Å². The molecule has 1 unspecified atom stereocenters. The summed E-state index contributed by atoms with van der Waals surface area (Å²) >= 11 is 0. The third kappa shape index (κ3) is 6.29. The first-order chi connectivity index (χ1) is 9.31. The van der Waals surface area contributed by atoms with Crippen LogP contribution in [0, 0.1) is 6.92 Å². The molecule has 0 heterocycles. The molecule has 0 aromatic heterocycles. The van der Waals surface area contributed by atoms with Gasteiger partial charge in [-0.15, -0.1) is 0 Å². The van der Waals surface area contributed by atoms with Crippen molar-refractivity contribution in [2.24, 2.45) is 0 Å². The predicted octanol–water partition coefficient (Wildman–Crippen LogP) is 3.94. The number of hydrogen-bond acceptors (Lipinski definition) is 3. The topological polar surface area (TPSA) is 30.5 Å². The summed E-state index contributed by atoms with van der Waals surface area (Å²) in [5.74, 6) is 1.64. The summed E-state index contributed by atoms with van der Waals surface area (Å²) in [7, 11) is 1.68. The Labute approximate surface area is 123 Å². The molecule has 1 atom stereocenters. The summed E-state index contributed by atoms with van der Waals surface area (Å²) in [4.78, 5) is 0. The van der Waals surface area contributed by atoms with Crippen LogP contribution in [0.15, 0.2) is 18.2 Å². The Morgan fingerprint density at radius 2 is 1.90 bits per heavy atom. The molecule has 0 aliphatic carbocycles. The van der Waals surface area contributed by atoms with Gasteiger partial charge in [-0.1, -0.05) is 6.07 Å². The van der Waals surface area contributed by atoms with Gasteiger partial charge in [0.1, 0.15) is 0 Å². The number of nitrogens with one attached hydrogen (secondary N) is 1. The van der Waals surface area contributed by atoms with Gasteiger partial charge in [0.15, 0.2) is 11.5 Å². The molecule has 3 nitrogen and oxygen atoms in total. The molecule has 0 aliphatic rings. The van der Waals surface area contributed by atoms with Crippen molar-refractivity contribution in [2.45, 2.75) is 59.1 Å². The second-order valence-electron chi connectivity index (χ2n) is 6.40. The Morgan fingerprint density at radius 1 is 1.20 bits per heavy atom.